The average molecular weight is 267 g/mol. The van der Waals surface area contributed by atoms with Gasteiger partial charge in [-0.25, -0.2) is 13.1 Å². The molecule has 0 aliphatic carbocycles. The van der Waals surface area contributed by atoms with Gasteiger partial charge in [0, 0.05) is 0 Å². The maximum atomic E-state index is 11.8. The second-order valence-electron chi connectivity index (χ2n) is 3.90. The van der Waals surface area contributed by atoms with Crippen LogP contribution < -0.4 is 4.72 Å². The molecular weight excluding hydrogens is 254 g/mol. The fourth-order valence-corrected chi connectivity index (χ4v) is 2.57. The molecule has 8 heteroatoms. The standard InChI is InChI=1S/C10H13N5O2S/c1-8-3-2-4-9(5-8)7-18(16,17)11-6-10-12-14-15-13-10/h2-5,11H,6-7H2,1H3,(H,12,13,14,15). The zero-order valence-electron chi connectivity index (χ0n) is 9.79. The van der Waals surface area contributed by atoms with E-state index < -0.39 is 10.0 Å². The van der Waals surface area contributed by atoms with Crippen LogP contribution in [0.3, 0.4) is 0 Å². The number of nitrogens with zero attached hydrogens (tertiary/aromatic N) is 3. The molecule has 0 bridgehead atoms. The molecule has 0 radical (unpaired) electrons. The lowest BCUT2D eigenvalue weighted by molar-refractivity contribution is 0.578. The molecule has 1 aromatic carbocycles. The van der Waals surface area contributed by atoms with E-state index in [1.807, 2.05) is 25.1 Å². The molecule has 0 spiro atoms. The van der Waals surface area contributed by atoms with Crippen LogP contribution in [0.4, 0.5) is 0 Å². The van der Waals surface area contributed by atoms with Gasteiger partial charge >= 0.3 is 0 Å². The van der Waals surface area contributed by atoms with Gasteiger partial charge in [-0.2, -0.15) is 5.21 Å². The SMILES string of the molecule is Cc1cccc(CS(=O)(=O)NCc2nn[nH]n2)c1. The summed E-state index contributed by atoms with van der Waals surface area (Å²) in [5.41, 5.74) is 1.77. The molecule has 0 amide bonds. The zero-order valence-corrected chi connectivity index (χ0v) is 10.6. The molecule has 0 aliphatic heterocycles. The third-order valence-corrected chi connectivity index (χ3v) is 3.58. The number of hydrogen-bond donors (Lipinski definition) is 2. The summed E-state index contributed by atoms with van der Waals surface area (Å²) in [6, 6.07) is 7.37. The van der Waals surface area contributed by atoms with Crippen LogP contribution in [0.15, 0.2) is 24.3 Å². The van der Waals surface area contributed by atoms with Crippen molar-refractivity contribution in [2.45, 2.75) is 19.2 Å². The van der Waals surface area contributed by atoms with Crippen LogP contribution in [0.2, 0.25) is 0 Å². The van der Waals surface area contributed by atoms with Crippen molar-refractivity contribution >= 4 is 10.0 Å². The zero-order chi connectivity index (χ0) is 13.0. The van der Waals surface area contributed by atoms with Gasteiger partial charge in [0.15, 0.2) is 5.82 Å². The number of sulfonamides is 1. The Bertz CT molecular complexity index is 609. The van der Waals surface area contributed by atoms with Crippen molar-refractivity contribution in [1.82, 2.24) is 25.3 Å². The predicted octanol–water partition coefficient (Wildman–Crippen LogP) is 0.128. The molecule has 0 saturated heterocycles. The van der Waals surface area contributed by atoms with Gasteiger partial charge in [0.2, 0.25) is 10.0 Å². The molecule has 2 aromatic rings. The number of benzene rings is 1. The second kappa shape index (κ2) is 5.23. The Labute approximate surface area is 105 Å². The van der Waals surface area contributed by atoms with E-state index in [1.54, 1.807) is 6.07 Å². The number of H-pyrrole nitrogens is 1. The van der Waals surface area contributed by atoms with Gasteiger partial charge in [-0.05, 0) is 12.5 Å². The van der Waals surface area contributed by atoms with Crippen molar-refractivity contribution in [2.24, 2.45) is 0 Å². The summed E-state index contributed by atoms with van der Waals surface area (Å²) in [5.74, 6) is 0.245. The summed E-state index contributed by atoms with van der Waals surface area (Å²) in [4.78, 5) is 0. The predicted molar refractivity (Wildman–Crippen MR) is 64.8 cm³/mol. The van der Waals surface area contributed by atoms with Crippen molar-refractivity contribution in [3.8, 4) is 0 Å². The van der Waals surface area contributed by atoms with E-state index in [4.69, 9.17) is 0 Å². The lowest BCUT2D eigenvalue weighted by atomic mass is 10.2. The molecule has 0 aliphatic rings. The van der Waals surface area contributed by atoms with Crippen LogP contribution in [0.5, 0.6) is 0 Å². The Morgan fingerprint density at radius 1 is 1.39 bits per heavy atom. The quantitative estimate of drug-likeness (QED) is 0.801. The van der Waals surface area contributed by atoms with Crippen molar-refractivity contribution in [3.63, 3.8) is 0 Å². The van der Waals surface area contributed by atoms with E-state index in [-0.39, 0.29) is 12.3 Å². The van der Waals surface area contributed by atoms with Gasteiger partial charge in [-0.3, -0.25) is 0 Å². The molecule has 1 heterocycles. The van der Waals surface area contributed by atoms with E-state index in [1.165, 1.54) is 0 Å². The second-order valence-corrected chi connectivity index (χ2v) is 5.70. The van der Waals surface area contributed by atoms with Crippen molar-refractivity contribution in [2.75, 3.05) is 0 Å². The first-order chi connectivity index (χ1) is 8.55. The molecule has 0 atom stereocenters. The monoisotopic (exact) mass is 267 g/mol. The number of nitrogens with one attached hydrogen (secondary N) is 2. The topological polar surface area (TPSA) is 101 Å². The number of hydrogen-bond acceptors (Lipinski definition) is 5. The van der Waals surface area contributed by atoms with E-state index in [0.717, 1.165) is 11.1 Å². The van der Waals surface area contributed by atoms with Gasteiger partial charge < -0.3 is 0 Å². The van der Waals surface area contributed by atoms with Gasteiger partial charge in [0.25, 0.3) is 0 Å². The first kappa shape index (κ1) is 12.7. The van der Waals surface area contributed by atoms with E-state index >= 15 is 0 Å². The smallest absolute Gasteiger partial charge is 0.212 e. The lowest BCUT2D eigenvalue weighted by Gasteiger charge is -2.05. The minimum absolute atomic E-state index is 0.0324. The summed E-state index contributed by atoms with van der Waals surface area (Å²) in [7, 11) is -3.40. The van der Waals surface area contributed by atoms with Crippen LogP contribution in [0.1, 0.15) is 17.0 Å². The third kappa shape index (κ3) is 3.60. The van der Waals surface area contributed by atoms with Crippen molar-refractivity contribution in [1.29, 1.82) is 0 Å². The van der Waals surface area contributed by atoms with Crippen LogP contribution in [0, 0.1) is 6.92 Å². The van der Waals surface area contributed by atoms with Crippen molar-refractivity contribution in [3.05, 3.63) is 41.2 Å². The Morgan fingerprint density at radius 2 is 2.22 bits per heavy atom. The van der Waals surface area contributed by atoms with Crippen LogP contribution >= 0.6 is 0 Å². The number of rotatable bonds is 5. The minimum atomic E-state index is -3.40. The summed E-state index contributed by atoms with van der Waals surface area (Å²) in [5, 5.41) is 12.9. The molecule has 96 valence electrons. The lowest BCUT2D eigenvalue weighted by Crippen LogP contribution is -2.25. The highest BCUT2D eigenvalue weighted by atomic mass is 32.2. The highest BCUT2D eigenvalue weighted by Gasteiger charge is 2.12. The summed E-state index contributed by atoms with van der Waals surface area (Å²) in [6.07, 6.45) is 0. The van der Waals surface area contributed by atoms with Gasteiger partial charge in [0.05, 0.1) is 12.3 Å². The molecule has 7 nitrogen and oxygen atoms in total. The van der Waals surface area contributed by atoms with E-state index in [2.05, 4.69) is 25.3 Å². The molecule has 1 aromatic heterocycles. The Morgan fingerprint density at radius 3 is 2.89 bits per heavy atom. The Balaban J connectivity index is 1.99. The average Bonchev–Trinajstić information content (AvgIpc) is 2.78. The Hall–Kier alpha value is -1.80. The van der Waals surface area contributed by atoms with E-state index in [9.17, 15) is 8.42 Å². The molecule has 2 rings (SSSR count). The highest BCUT2D eigenvalue weighted by Crippen LogP contribution is 2.07. The molecular formula is C10H13N5O2S. The fourth-order valence-electron chi connectivity index (χ4n) is 1.50. The van der Waals surface area contributed by atoms with E-state index in [0.29, 0.717) is 5.82 Å². The minimum Gasteiger partial charge on any atom is -0.212 e. The van der Waals surface area contributed by atoms with Gasteiger partial charge in [0.1, 0.15) is 0 Å². The van der Waals surface area contributed by atoms with Crippen LogP contribution in [-0.4, -0.2) is 29.0 Å². The summed E-state index contributed by atoms with van der Waals surface area (Å²) >= 11 is 0. The maximum Gasteiger partial charge on any atom is 0.216 e. The molecule has 2 N–H and O–H groups in total. The highest BCUT2D eigenvalue weighted by molar-refractivity contribution is 7.88. The summed E-state index contributed by atoms with van der Waals surface area (Å²) < 4.78 is 26.0. The molecule has 0 saturated carbocycles. The number of aromatic amines is 1. The maximum absolute atomic E-state index is 11.8. The largest absolute Gasteiger partial charge is 0.216 e. The first-order valence-electron chi connectivity index (χ1n) is 5.30. The van der Waals surface area contributed by atoms with Crippen molar-refractivity contribution < 1.29 is 8.42 Å². The first-order valence-corrected chi connectivity index (χ1v) is 6.95. The Kier molecular flexibility index (Phi) is 3.68. The van der Waals surface area contributed by atoms with Gasteiger partial charge in [-0.15, -0.1) is 10.2 Å². The van der Waals surface area contributed by atoms with Gasteiger partial charge in [-0.1, -0.05) is 35.0 Å². The molecule has 0 fully saturated rings. The van der Waals surface area contributed by atoms with Crippen LogP contribution in [-0.2, 0) is 22.3 Å². The third-order valence-electron chi connectivity index (χ3n) is 2.28. The van der Waals surface area contributed by atoms with Crippen LogP contribution in [0.25, 0.3) is 0 Å². The number of aromatic nitrogens is 4. The summed E-state index contributed by atoms with van der Waals surface area (Å²) in [6.45, 7) is 1.95. The number of aryl methyl sites for hydroxylation is 1. The fraction of sp³-hybridized carbons (Fsp3) is 0.300. The normalized spacial score (nSPS) is 11.6. The molecule has 18 heavy (non-hydrogen) atoms. The molecule has 0 unspecified atom stereocenters. The number of tetrazole rings is 1.